The molecule has 0 saturated carbocycles. The monoisotopic (exact) mass is 389 g/mol. The molecule has 3 N–H and O–H groups in total. The number of benzene rings is 1. The molecule has 0 bridgehead atoms. The first-order chi connectivity index (χ1) is 11.6. The van der Waals surface area contributed by atoms with Crippen LogP contribution < -0.4 is 11.1 Å². The summed E-state index contributed by atoms with van der Waals surface area (Å²) >= 11 is 0. The van der Waals surface area contributed by atoms with Crippen LogP contribution >= 0.6 is 12.4 Å². The van der Waals surface area contributed by atoms with Gasteiger partial charge in [0.05, 0.1) is 12.5 Å². The summed E-state index contributed by atoms with van der Waals surface area (Å²) in [6.45, 7) is 6.19. The third-order valence-corrected chi connectivity index (χ3v) is 4.77. The van der Waals surface area contributed by atoms with Crippen LogP contribution in [-0.4, -0.2) is 35.8 Å². The van der Waals surface area contributed by atoms with Crippen LogP contribution in [0.1, 0.15) is 45.2 Å². The van der Waals surface area contributed by atoms with Crippen molar-refractivity contribution in [3.05, 3.63) is 35.4 Å². The van der Waals surface area contributed by atoms with Crippen molar-refractivity contribution < 1.29 is 18.4 Å². The largest absolute Gasteiger partial charge is 0.349 e. The third-order valence-electron chi connectivity index (χ3n) is 4.77. The summed E-state index contributed by atoms with van der Waals surface area (Å²) in [7, 11) is 0. The molecule has 2 rings (SSSR count). The number of halogens is 3. The Morgan fingerprint density at radius 1 is 1.35 bits per heavy atom. The van der Waals surface area contributed by atoms with E-state index in [1.807, 2.05) is 13.8 Å². The van der Waals surface area contributed by atoms with E-state index in [9.17, 15) is 18.4 Å². The second-order valence-corrected chi connectivity index (χ2v) is 7.29. The third kappa shape index (κ3) is 5.14. The number of nitrogens with zero attached hydrogens (tertiary/aromatic N) is 1. The highest BCUT2D eigenvalue weighted by Gasteiger charge is 2.36. The van der Waals surface area contributed by atoms with Crippen molar-refractivity contribution in [1.82, 2.24) is 10.2 Å². The van der Waals surface area contributed by atoms with E-state index in [4.69, 9.17) is 5.73 Å². The van der Waals surface area contributed by atoms with Gasteiger partial charge < -0.3 is 16.0 Å². The zero-order valence-corrected chi connectivity index (χ0v) is 16.0. The van der Waals surface area contributed by atoms with E-state index in [2.05, 4.69) is 5.32 Å². The van der Waals surface area contributed by atoms with Gasteiger partial charge in [-0.25, -0.2) is 8.78 Å². The topological polar surface area (TPSA) is 75.4 Å². The van der Waals surface area contributed by atoms with Gasteiger partial charge in [0.2, 0.25) is 11.8 Å². The standard InChI is InChI=1S/C18H25F2N3O2.ClH/c1-11(24)22-14(17-12(19)5-4-6-13(17)20)9-16(25)23-8-7-15(21)18(2,3)10-23;/h4-6,14-15H,7-10,21H2,1-3H3,(H,22,24);1H. The quantitative estimate of drug-likeness (QED) is 0.830. The maximum atomic E-state index is 14.1. The van der Waals surface area contributed by atoms with Gasteiger partial charge in [0, 0.05) is 31.6 Å². The molecule has 1 aliphatic rings. The lowest BCUT2D eigenvalue weighted by molar-refractivity contribution is -0.135. The predicted octanol–water partition coefficient (Wildman–Crippen LogP) is 2.54. The minimum Gasteiger partial charge on any atom is -0.349 e. The van der Waals surface area contributed by atoms with Crippen molar-refractivity contribution in [2.75, 3.05) is 13.1 Å². The van der Waals surface area contributed by atoms with Crippen molar-refractivity contribution >= 4 is 24.2 Å². The van der Waals surface area contributed by atoms with E-state index < -0.39 is 23.6 Å². The minimum atomic E-state index is -1.05. The molecule has 1 aromatic carbocycles. The van der Waals surface area contributed by atoms with Crippen molar-refractivity contribution in [3.63, 3.8) is 0 Å². The highest BCUT2D eigenvalue weighted by Crippen LogP contribution is 2.30. The fourth-order valence-electron chi connectivity index (χ4n) is 3.20. The second-order valence-electron chi connectivity index (χ2n) is 7.29. The van der Waals surface area contributed by atoms with E-state index in [-0.39, 0.29) is 41.8 Å². The summed E-state index contributed by atoms with van der Waals surface area (Å²) in [6, 6.07) is 2.41. The first-order valence-electron chi connectivity index (χ1n) is 8.36. The summed E-state index contributed by atoms with van der Waals surface area (Å²) in [6.07, 6.45) is 0.459. The number of amides is 2. The number of hydrogen-bond donors (Lipinski definition) is 2. The number of piperidine rings is 1. The van der Waals surface area contributed by atoms with Gasteiger partial charge in [-0.2, -0.15) is 0 Å². The number of nitrogens with one attached hydrogen (secondary N) is 1. The summed E-state index contributed by atoms with van der Waals surface area (Å²) in [4.78, 5) is 25.8. The molecule has 2 unspecified atom stereocenters. The minimum absolute atomic E-state index is 0. The van der Waals surface area contributed by atoms with Crippen molar-refractivity contribution in [2.24, 2.45) is 11.1 Å². The normalized spacial score (nSPS) is 20.1. The summed E-state index contributed by atoms with van der Waals surface area (Å²) in [5.41, 5.74) is 5.55. The van der Waals surface area contributed by atoms with Crippen LogP contribution in [0.5, 0.6) is 0 Å². The Kier molecular flexibility index (Phi) is 7.53. The maximum absolute atomic E-state index is 14.1. The van der Waals surface area contributed by atoms with Gasteiger partial charge in [-0.3, -0.25) is 9.59 Å². The van der Waals surface area contributed by atoms with Gasteiger partial charge in [0.1, 0.15) is 11.6 Å². The fourth-order valence-corrected chi connectivity index (χ4v) is 3.20. The molecule has 2 atom stereocenters. The average Bonchev–Trinajstić information content (AvgIpc) is 2.49. The Bertz CT molecular complexity index is 650. The van der Waals surface area contributed by atoms with Crippen LogP contribution in [0.3, 0.4) is 0 Å². The molecule has 1 aromatic rings. The van der Waals surface area contributed by atoms with Gasteiger partial charge in [-0.1, -0.05) is 19.9 Å². The second kappa shape index (κ2) is 8.77. The Balaban J connectivity index is 0.00000338. The first-order valence-corrected chi connectivity index (χ1v) is 8.36. The molecule has 26 heavy (non-hydrogen) atoms. The van der Waals surface area contributed by atoms with Crippen LogP contribution in [0.4, 0.5) is 8.78 Å². The number of likely N-dealkylation sites (tertiary alicyclic amines) is 1. The Labute approximate surface area is 158 Å². The summed E-state index contributed by atoms with van der Waals surface area (Å²) < 4.78 is 28.2. The molecule has 0 aromatic heterocycles. The van der Waals surface area contributed by atoms with E-state index in [0.29, 0.717) is 19.5 Å². The zero-order chi connectivity index (χ0) is 18.8. The number of carbonyl (C=O) groups excluding carboxylic acids is 2. The molecule has 1 heterocycles. The summed E-state index contributed by atoms with van der Waals surface area (Å²) in [5.74, 6) is -2.29. The highest BCUT2D eigenvalue weighted by atomic mass is 35.5. The molecule has 8 heteroatoms. The molecule has 146 valence electrons. The number of rotatable bonds is 4. The highest BCUT2D eigenvalue weighted by molar-refractivity contribution is 5.85. The molecular formula is C18H26ClF2N3O2. The zero-order valence-electron chi connectivity index (χ0n) is 15.2. The van der Waals surface area contributed by atoms with Crippen molar-refractivity contribution in [1.29, 1.82) is 0 Å². The predicted molar refractivity (Wildman–Crippen MR) is 97.7 cm³/mol. The molecule has 5 nitrogen and oxygen atoms in total. The molecule has 0 spiro atoms. The molecule has 0 radical (unpaired) electrons. The van der Waals surface area contributed by atoms with E-state index >= 15 is 0 Å². The first kappa shape index (κ1) is 22.3. The van der Waals surface area contributed by atoms with Crippen LogP contribution in [0.25, 0.3) is 0 Å². The van der Waals surface area contributed by atoms with E-state index in [0.717, 1.165) is 12.1 Å². The molecule has 1 aliphatic heterocycles. The van der Waals surface area contributed by atoms with E-state index in [1.54, 1.807) is 4.90 Å². The van der Waals surface area contributed by atoms with Crippen LogP contribution in [-0.2, 0) is 9.59 Å². The maximum Gasteiger partial charge on any atom is 0.225 e. The van der Waals surface area contributed by atoms with Crippen LogP contribution in [0.2, 0.25) is 0 Å². The van der Waals surface area contributed by atoms with Crippen LogP contribution in [0.15, 0.2) is 18.2 Å². The fraction of sp³-hybridized carbons (Fsp3) is 0.556. The van der Waals surface area contributed by atoms with Gasteiger partial charge in [0.25, 0.3) is 0 Å². The number of hydrogen-bond acceptors (Lipinski definition) is 3. The molecule has 2 amide bonds. The van der Waals surface area contributed by atoms with Gasteiger partial charge >= 0.3 is 0 Å². The summed E-state index contributed by atoms with van der Waals surface area (Å²) in [5, 5.41) is 2.49. The lowest BCUT2D eigenvalue weighted by atomic mass is 9.79. The molecule has 1 fully saturated rings. The van der Waals surface area contributed by atoms with Crippen molar-refractivity contribution in [3.8, 4) is 0 Å². The smallest absolute Gasteiger partial charge is 0.225 e. The van der Waals surface area contributed by atoms with E-state index in [1.165, 1.54) is 13.0 Å². The molecule has 0 aliphatic carbocycles. The van der Waals surface area contributed by atoms with Crippen LogP contribution in [0, 0.1) is 17.0 Å². The number of nitrogens with two attached hydrogens (primary N) is 1. The SMILES string of the molecule is CC(=O)NC(CC(=O)N1CCC(N)C(C)(C)C1)c1c(F)cccc1F.Cl. The van der Waals surface area contributed by atoms with Crippen molar-refractivity contribution in [2.45, 2.75) is 45.7 Å². The Morgan fingerprint density at radius 2 is 1.92 bits per heavy atom. The lowest BCUT2D eigenvalue weighted by Gasteiger charge is -2.43. The number of carbonyl (C=O) groups is 2. The molecular weight excluding hydrogens is 364 g/mol. The molecule has 1 saturated heterocycles. The Morgan fingerprint density at radius 3 is 2.42 bits per heavy atom. The Hall–Kier alpha value is -1.73. The van der Waals surface area contributed by atoms with Gasteiger partial charge in [0.15, 0.2) is 0 Å². The van der Waals surface area contributed by atoms with Gasteiger partial charge in [-0.15, -0.1) is 12.4 Å². The average molecular weight is 390 g/mol. The van der Waals surface area contributed by atoms with Gasteiger partial charge in [-0.05, 0) is 24.0 Å². The lowest BCUT2D eigenvalue weighted by Crippen LogP contribution is -2.54.